The third-order valence-corrected chi connectivity index (χ3v) is 11.7. The molecule has 1 spiro atoms. The van der Waals surface area contributed by atoms with Crippen LogP contribution in [-0.4, -0.2) is 9.97 Å². The number of aromatic nitrogens is 2. The maximum absolute atomic E-state index is 6.98. The Morgan fingerprint density at radius 2 is 0.926 bits per heavy atom. The Hall–Kier alpha value is -7.10. The molecule has 0 aliphatic heterocycles. The third-order valence-electron chi connectivity index (χ3n) is 11.7. The van der Waals surface area contributed by atoms with Gasteiger partial charge in [0.1, 0.15) is 11.2 Å². The molecule has 2 aliphatic rings. The van der Waals surface area contributed by atoms with E-state index >= 15 is 0 Å². The van der Waals surface area contributed by atoms with Crippen molar-refractivity contribution in [3.8, 4) is 56.0 Å². The van der Waals surface area contributed by atoms with E-state index in [0.29, 0.717) is 5.82 Å². The van der Waals surface area contributed by atoms with Crippen LogP contribution in [0.5, 0.6) is 0 Å². The van der Waals surface area contributed by atoms with Gasteiger partial charge in [-0.2, -0.15) is 0 Å². The molecule has 0 radical (unpaired) electrons. The smallest absolute Gasteiger partial charge is 0.164 e. The number of nitrogens with zero attached hydrogens (tertiary/aromatic N) is 2. The predicted molar refractivity (Wildman–Crippen MR) is 219 cm³/mol. The summed E-state index contributed by atoms with van der Waals surface area (Å²) < 4.78 is 6.98. The molecule has 0 unspecified atom stereocenters. The van der Waals surface area contributed by atoms with Gasteiger partial charge in [-0.05, 0) is 79.9 Å². The van der Waals surface area contributed by atoms with E-state index in [1.807, 2.05) is 12.1 Å². The van der Waals surface area contributed by atoms with Gasteiger partial charge in [0.15, 0.2) is 5.82 Å². The highest BCUT2D eigenvalue weighted by Crippen LogP contribution is 2.63. The summed E-state index contributed by atoms with van der Waals surface area (Å²) in [5.74, 6) is 0.647. The summed E-state index contributed by atoms with van der Waals surface area (Å²) in [4.78, 5) is 10.4. The van der Waals surface area contributed by atoms with Crippen LogP contribution in [0.15, 0.2) is 186 Å². The van der Waals surface area contributed by atoms with Gasteiger partial charge in [0.05, 0.1) is 22.2 Å². The van der Waals surface area contributed by atoms with E-state index < -0.39 is 5.41 Å². The largest absolute Gasteiger partial charge is 0.455 e. The number of fused-ring (bicyclic) bond motifs is 14. The SMILES string of the molecule is c1ccc(-c2ccc(-c3nc(-c4cccc5c4oc4cc6c(cc45)-c4ccccc4C64c5ccccc5-c5ccccc54)nc4ccccc34)cc2)cc1. The van der Waals surface area contributed by atoms with Crippen molar-refractivity contribution in [2.45, 2.75) is 5.41 Å². The fraction of sp³-hybridized carbons (Fsp3) is 0.0196. The van der Waals surface area contributed by atoms with Gasteiger partial charge in [0, 0.05) is 21.7 Å². The summed E-state index contributed by atoms with van der Waals surface area (Å²) in [6, 6.07) is 65.2. The highest BCUT2D eigenvalue weighted by Gasteiger charge is 2.51. The monoisotopic (exact) mass is 686 g/mol. The lowest BCUT2D eigenvalue weighted by Gasteiger charge is -2.30. The molecule has 2 heterocycles. The zero-order valence-electron chi connectivity index (χ0n) is 29.1. The lowest BCUT2D eigenvalue weighted by Crippen LogP contribution is -2.25. The van der Waals surface area contributed by atoms with Gasteiger partial charge in [-0.3, -0.25) is 0 Å². The molecule has 2 aliphatic carbocycles. The highest BCUT2D eigenvalue weighted by atomic mass is 16.3. The Labute approximate surface area is 311 Å². The molecule has 0 N–H and O–H groups in total. The van der Waals surface area contributed by atoms with Crippen molar-refractivity contribution in [3.05, 3.63) is 204 Å². The Bertz CT molecular complexity index is 3110. The second kappa shape index (κ2) is 11.0. The topological polar surface area (TPSA) is 38.9 Å². The minimum absolute atomic E-state index is 0.429. The molecule has 12 rings (SSSR count). The van der Waals surface area contributed by atoms with Crippen molar-refractivity contribution in [2.24, 2.45) is 0 Å². The van der Waals surface area contributed by atoms with Gasteiger partial charge in [0.2, 0.25) is 0 Å². The maximum atomic E-state index is 6.98. The molecule has 3 nitrogen and oxygen atoms in total. The molecular weight excluding hydrogens is 657 g/mol. The molecule has 10 aromatic rings. The van der Waals surface area contributed by atoms with E-state index in [0.717, 1.165) is 49.7 Å². The Kier molecular flexibility index (Phi) is 5.98. The Morgan fingerprint density at radius 3 is 1.65 bits per heavy atom. The van der Waals surface area contributed by atoms with Crippen LogP contribution in [-0.2, 0) is 5.41 Å². The zero-order valence-corrected chi connectivity index (χ0v) is 29.1. The summed E-state index contributed by atoms with van der Waals surface area (Å²) in [7, 11) is 0. The van der Waals surface area contributed by atoms with E-state index in [1.54, 1.807) is 0 Å². The molecule has 0 bridgehead atoms. The van der Waals surface area contributed by atoms with Crippen LogP contribution in [0.4, 0.5) is 0 Å². The molecule has 2 aromatic heterocycles. The van der Waals surface area contributed by atoms with Crippen LogP contribution in [0.3, 0.4) is 0 Å². The van der Waals surface area contributed by atoms with Gasteiger partial charge < -0.3 is 4.42 Å². The van der Waals surface area contributed by atoms with E-state index in [1.165, 1.54) is 55.6 Å². The van der Waals surface area contributed by atoms with E-state index in [2.05, 4.69) is 170 Å². The molecule has 0 saturated heterocycles. The van der Waals surface area contributed by atoms with Crippen LogP contribution in [0, 0.1) is 0 Å². The second-order valence-electron chi connectivity index (χ2n) is 14.4. The normalized spacial score (nSPS) is 13.3. The fourth-order valence-corrected chi connectivity index (χ4v) is 9.43. The summed E-state index contributed by atoms with van der Waals surface area (Å²) in [5, 5.41) is 3.17. The van der Waals surface area contributed by atoms with Crippen molar-refractivity contribution >= 4 is 32.8 Å². The molecule has 0 atom stereocenters. The van der Waals surface area contributed by atoms with Gasteiger partial charge >= 0.3 is 0 Å². The average Bonchev–Trinajstić information content (AvgIpc) is 3.86. The molecule has 0 amide bonds. The molecule has 250 valence electrons. The maximum Gasteiger partial charge on any atom is 0.164 e. The quantitative estimate of drug-likeness (QED) is 0.186. The molecule has 8 aromatic carbocycles. The van der Waals surface area contributed by atoms with Crippen LogP contribution in [0.25, 0.3) is 88.9 Å². The van der Waals surface area contributed by atoms with Crippen molar-refractivity contribution in [2.75, 3.05) is 0 Å². The first-order chi connectivity index (χ1) is 26.8. The zero-order chi connectivity index (χ0) is 35.4. The number of hydrogen-bond donors (Lipinski definition) is 0. The minimum Gasteiger partial charge on any atom is -0.455 e. The Morgan fingerprint density at radius 1 is 0.370 bits per heavy atom. The van der Waals surface area contributed by atoms with Gasteiger partial charge in [-0.1, -0.05) is 158 Å². The second-order valence-corrected chi connectivity index (χ2v) is 14.4. The number of rotatable bonds is 3. The van der Waals surface area contributed by atoms with Crippen LogP contribution < -0.4 is 0 Å². The first kappa shape index (κ1) is 29.5. The summed E-state index contributed by atoms with van der Waals surface area (Å²) >= 11 is 0. The standard InChI is InChI=1S/C51H30N2O/c1-2-13-31(14-3-1)32-25-27-33(28-26-32)48-38-18-7-11-24-46(38)52-50(53-48)39-20-12-19-37-41-29-40-36-17-6-10-23-44(36)51(45(40)30-47(41)54-49(37)39)42-21-8-4-15-34(42)35-16-5-9-22-43(35)51/h1-30H. The Balaban J connectivity index is 1.07. The van der Waals surface area contributed by atoms with Crippen LogP contribution >= 0.6 is 0 Å². The van der Waals surface area contributed by atoms with Crippen molar-refractivity contribution in [1.29, 1.82) is 0 Å². The highest BCUT2D eigenvalue weighted by molar-refractivity contribution is 6.12. The summed E-state index contributed by atoms with van der Waals surface area (Å²) in [5.41, 5.74) is 17.7. The molecular formula is C51H30N2O. The van der Waals surface area contributed by atoms with Gasteiger partial charge in [0.25, 0.3) is 0 Å². The van der Waals surface area contributed by atoms with Crippen LogP contribution in [0.1, 0.15) is 22.3 Å². The van der Waals surface area contributed by atoms with E-state index in [4.69, 9.17) is 14.4 Å². The molecule has 0 saturated carbocycles. The fourth-order valence-electron chi connectivity index (χ4n) is 9.43. The van der Waals surface area contributed by atoms with E-state index in [9.17, 15) is 0 Å². The van der Waals surface area contributed by atoms with Crippen molar-refractivity contribution in [1.82, 2.24) is 9.97 Å². The molecule has 54 heavy (non-hydrogen) atoms. The first-order valence-electron chi connectivity index (χ1n) is 18.5. The number of furan rings is 1. The predicted octanol–water partition coefficient (Wildman–Crippen LogP) is 12.9. The number of benzene rings is 8. The minimum atomic E-state index is -0.429. The van der Waals surface area contributed by atoms with Crippen molar-refractivity contribution in [3.63, 3.8) is 0 Å². The first-order valence-corrected chi connectivity index (χ1v) is 18.5. The lowest BCUT2D eigenvalue weighted by molar-refractivity contribution is 0.667. The third kappa shape index (κ3) is 3.90. The number of hydrogen-bond acceptors (Lipinski definition) is 3. The molecule has 0 fully saturated rings. The summed E-state index contributed by atoms with van der Waals surface area (Å²) in [6.45, 7) is 0. The lowest BCUT2D eigenvalue weighted by atomic mass is 9.70. The van der Waals surface area contributed by atoms with E-state index in [-0.39, 0.29) is 0 Å². The number of para-hydroxylation sites is 2. The van der Waals surface area contributed by atoms with Gasteiger partial charge in [-0.15, -0.1) is 0 Å². The van der Waals surface area contributed by atoms with Crippen LogP contribution in [0.2, 0.25) is 0 Å². The van der Waals surface area contributed by atoms with Gasteiger partial charge in [-0.25, -0.2) is 9.97 Å². The average molecular weight is 687 g/mol. The van der Waals surface area contributed by atoms with Crippen molar-refractivity contribution < 1.29 is 4.42 Å². The molecule has 3 heteroatoms. The summed E-state index contributed by atoms with van der Waals surface area (Å²) in [6.07, 6.45) is 0.